The van der Waals surface area contributed by atoms with E-state index in [-0.39, 0.29) is 41.2 Å². The second-order valence-corrected chi connectivity index (χ2v) is 14.9. The quantitative estimate of drug-likeness (QED) is 0.0681. The van der Waals surface area contributed by atoms with Gasteiger partial charge in [-0.3, -0.25) is 9.79 Å². The second kappa shape index (κ2) is 14.8. The molecule has 6 atom stereocenters. The number of carbonyl (C=O) groups excluding carboxylic acids is 1. The Labute approximate surface area is 290 Å². The minimum Gasteiger partial charge on any atom is -0.508 e. The van der Waals surface area contributed by atoms with E-state index in [1.807, 2.05) is 25.1 Å². The predicted octanol–water partition coefficient (Wildman–Crippen LogP) is 5.21. The van der Waals surface area contributed by atoms with Crippen LogP contribution in [0.5, 0.6) is 5.75 Å². The fraction of sp³-hybridized carbons (Fsp3) is 0.333. The number of nitrogens with one attached hydrogen (secondary N) is 2. The molecule has 6 N–H and O–H groups in total. The smallest absolute Gasteiger partial charge is 0.188 e. The van der Waals surface area contributed by atoms with Crippen molar-refractivity contribution < 1.29 is 15.0 Å². The predicted molar refractivity (Wildman–Crippen MR) is 199 cm³/mol. The molecule has 0 aliphatic heterocycles. The van der Waals surface area contributed by atoms with Crippen molar-refractivity contribution in [2.75, 3.05) is 18.9 Å². The number of hydrogen-bond acceptors (Lipinski definition) is 7. The summed E-state index contributed by atoms with van der Waals surface area (Å²) in [5, 5.41) is 29.4. The van der Waals surface area contributed by atoms with E-state index in [0.29, 0.717) is 18.9 Å². The molecule has 9 heteroatoms. The van der Waals surface area contributed by atoms with E-state index in [4.69, 9.17) is 5.73 Å². The van der Waals surface area contributed by atoms with Crippen molar-refractivity contribution in [1.29, 1.82) is 0 Å². The van der Waals surface area contributed by atoms with E-state index in [1.165, 1.54) is 5.22 Å². The van der Waals surface area contributed by atoms with Crippen LogP contribution >= 0.6 is 22.7 Å². The SMILES string of the molecule is CC#Cc1ccc(-c2ccc(C(=O)C3CCC(C(Cc4cc(O)cc(NCC(C)O)c4)NC(N)=NC)C4C=c5ccccc5=CC34)s2)s1. The number of hydrogen-bond donors (Lipinski definition) is 5. The lowest BCUT2D eigenvalue weighted by atomic mass is 9.61. The number of phenolic OH excluding ortho intramolecular Hbond substituents is 1. The highest BCUT2D eigenvalue weighted by Gasteiger charge is 2.44. The number of aliphatic hydroxyl groups is 1. The van der Waals surface area contributed by atoms with Crippen LogP contribution in [0.2, 0.25) is 0 Å². The monoisotopic (exact) mass is 678 g/mol. The highest BCUT2D eigenvalue weighted by atomic mass is 32.1. The van der Waals surface area contributed by atoms with Gasteiger partial charge in [0, 0.05) is 47.1 Å². The zero-order valence-corrected chi connectivity index (χ0v) is 29.1. The Balaban J connectivity index is 1.32. The number of carbonyl (C=O) groups is 1. The summed E-state index contributed by atoms with van der Waals surface area (Å²) < 4.78 is 0. The number of nitrogens with zero attached hydrogens (tertiary/aromatic N) is 1. The summed E-state index contributed by atoms with van der Waals surface area (Å²) >= 11 is 3.23. The maximum Gasteiger partial charge on any atom is 0.188 e. The maximum atomic E-state index is 14.3. The van der Waals surface area contributed by atoms with Gasteiger partial charge in [-0.2, -0.15) is 0 Å². The first-order valence-corrected chi connectivity index (χ1v) is 18.0. The summed E-state index contributed by atoms with van der Waals surface area (Å²) in [7, 11) is 1.67. The summed E-state index contributed by atoms with van der Waals surface area (Å²) in [6.45, 7) is 3.93. The number of aliphatic imine (C=N–C) groups is 1. The largest absolute Gasteiger partial charge is 0.508 e. The van der Waals surface area contributed by atoms with Crippen LogP contribution in [0.3, 0.4) is 0 Å². The third-order valence-electron chi connectivity index (χ3n) is 9.36. The van der Waals surface area contributed by atoms with E-state index in [9.17, 15) is 15.0 Å². The standard InChI is InChI=1S/C39H42N4O3S2/c1-4-7-29-10-13-35(47-29)36-14-15-37(48-36)38(46)31-12-11-30(32-19-25-8-5-6-9-26(25)20-33(31)32)34(43-39(40)41-3)18-24-16-27(21-28(45)17-24)42-22-23(2)44/h5-6,8-10,13-17,19-21,23,30-34,42,44-45H,11-12,18,22H2,1-3H3,(H3,40,41,43). The average Bonchev–Trinajstić information content (AvgIpc) is 3.76. The first-order valence-electron chi connectivity index (χ1n) is 16.4. The lowest BCUT2D eigenvalue weighted by Crippen LogP contribution is -2.52. The fourth-order valence-corrected chi connectivity index (χ4v) is 9.21. The summed E-state index contributed by atoms with van der Waals surface area (Å²) in [5.41, 5.74) is 7.99. The molecule has 6 unspecified atom stereocenters. The number of phenols is 1. The Morgan fingerprint density at radius 3 is 2.48 bits per heavy atom. The van der Waals surface area contributed by atoms with Gasteiger partial charge in [-0.1, -0.05) is 42.3 Å². The van der Waals surface area contributed by atoms with E-state index < -0.39 is 6.10 Å². The molecule has 6 rings (SSSR count). The Morgan fingerprint density at radius 1 is 1.02 bits per heavy atom. The maximum absolute atomic E-state index is 14.3. The molecular formula is C39H42N4O3S2. The molecule has 2 aliphatic rings. The highest BCUT2D eigenvalue weighted by Crippen LogP contribution is 2.46. The van der Waals surface area contributed by atoms with Crippen LogP contribution < -0.4 is 26.8 Å². The number of Topliss-reactive ketones (excluding diaryl/α,β-unsaturated/α-hetero) is 1. The highest BCUT2D eigenvalue weighted by molar-refractivity contribution is 7.23. The lowest BCUT2D eigenvalue weighted by molar-refractivity contribution is 0.0768. The van der Waals surface area contributed by atoms with Gasteiger partial charge >= 0.3 is 0 Å². The van der Waals surface area contributed by atoms with Gasteiger partial charge in [-0.25, -0.2) is 0 Å². The van der Waals surface area contributed by atoms with Crippen molar-refractivity contribution in [3.8, 4) is 27.3 Å². The van der Waals surface area contributed by atoms with E-state index >= 15 is 0 Å². The number of guanidine groups is 1. The first-order chi connectivity index (χ1) is 23.2. The third-order valence-corrected chi connectivity index (χ3v) is 11.7. The minimum atomic E-state index is -0.522. The number of rotatable bonds is 10. The van der Waals surface area contributed by atoms with Gasteiger partial charge in [0.25, 0.3) is 0 Å². The zero-order valence-electron chi connectivity index (χ0n) is 27.4. The van der Waals surface area contributed by atoms with Crippen molar-refractivity contribution in [3.63, 3.8) is 0 Å². The van der Waals surface area contributed by atoms with Crippen molar-refractivity contribution >= 4 is 52.3 Å². The van der Waals surface area contributed by atoms with Crippen LogP contribution in [0, 0.1) is 35.5 Å². The molecule has 248 valence electrons. The number of aliphatic hydroxyl groups excluding tert-OH is 1. The van der Waals surface area contributed by atoms with E-state index in [2.05, 4.69) is 76.0 Å². The molecule has 0 amide bonds. The average molecular weight is 679 g/mol. The molecule has 1 fully saturated rings. The van der Waals surface area contributed by atoms with Gasteiger partial charge in [-0.05, 0) is 103 Å². The number of nitrogens with two attached hydrogens (primary N) is 1. The molecule has 2 aliphatic carbocycles. The first kappa shape index (κ1) is 33.5. The number of aromatic hydroxyl groups is 1. The van der Waals surface area contributed by atoms with Gasteiger partial charge in [0.1, 0.15) is 5.75 Å². The number of fused-ring (bicyclic) bond motifs is 2. The van der Waals surface area contributed by atoms with E-state index in [1.54, 1.807) is 48.8 Å². The van der Waals surface area contributed by atoms with Crippen LogP contribution in [0.25, 0.3) is 21.9 Å². The number of ketones is 1. The van der Waals surface area contributed by atoms with Gasteiger partial charge in [0.05, 0.1) is 15.9 Å². The molecule has 0 bridgehead atoms. The van der Waals surface area contributed by atoms with Crippen molar-refractivity contribution in [3.05, 3.63) is 92.5 Å². The Kier molecular flexibility index (Phi) is 10.4. The number of thiophene rings is 2. The van der Waals surface area contributed by atoms with Crippen molar-refractivity contribution in [2.45, 2.75) is 45.3 Å². The molecule has 0 spiro atoms. The fourth-order valence-electron chi connectivity index (χ4n) is 7.20. The Hall–Kier alpha value is -4.36. The molecule has 7 nitrogen and oxygen atoms in total. The topological polar surface area (TPSA) is 120 Å². The van der Waals surface area contributed by atoms with Gasteiger partial charge in [-0.15, -0.1) is 28.6 Å². The van der Waals surface area contributed by atoms with Gasteiger partial charge in [0.15, 0.2) is 11.7 Å². The molecule has 1 saturated carbocycles. The molecule has 0 radical (unpaired) electrons. The van der Waals surface area contributed by atoms with Crippen LogP contribution in [0.4, 0.5) is 5.69 Å². The third kappa shape index (κ3) is 7.52. The normalized spacial score (nSPS) is 21.3. The molecule has 4 aromatic rings. The molecule has 2 aromatic heterocycles. The number of anilines is 1. The summed E-state index contributed by atoms with van der Waals surface area (Å²) in [6, 6.07) is 21.9. The zero-order chi connectivity index (χ0) is 33.8. The van der Waals surface area contributed by atoms with E-state index in [0.717, 1.165) is 48.8 Å². The summed E-state index contributed by atoms with van der Waals surface area (Å²) in [4.78, 5) is 22.6. The van der Waals surface area contributed by atoms with Crippen LogP contribution in [0.15, 0.2) is 71.7 Å². The molecular weight excluding hydrogens is 637 g/mol. The van der Waals surface area contributed by atoms with Crippen LogP contribution in [-0.4, -0.2) is 47.7 Å². The molecule has 2 heterocycles. The van der Waals surface area contributed by atoms with Crippen LogP contribution in [0.1, 0.15) is 46.8 Å². The van der Waals surface area contributed by atoms with Crippen LogP contribution in [-0.2, 0) is 6.42 Å². The van der Waals surface area contributed by atoms with Gasteiger partial charge in [0.2, 0.25) is 0 Å². The Bertz CT molecular complexity index is 2000. The minimum absolute atomic E-state index is 0.0152. The number of benzene rings is 2. The van der Waals surface area contributed by atoms with Crippen molar-refractivity contribution in [2.24, 2.45) is 34.4 Å². The van der Waals surface area contributed by atoms with Crippen molar-refractivity contribution in [1.82, 2.24) is 5.32 Å². The molecule has 48 heavy (non-hydrogen) atoms. The second-order valence-electron chi connectivity index (χ2n) is 12.7. The lowest BCUT2D eigenvalue weighted by Gasteiger charge is -2.44. The molecule has 0 saturated heterocycles. The summed E-state index contributed by atoms with van der Waals surface area (Å²) in [6.07, 6.45) is 6.33. The Morgan fingerprint density at radius 2 is 1.75 bits per heavy atom. The molecule has 2 aromatic carbocycles. The van der Waals surface area contributed by atoms with Gasteiger partial charge < -0.3 is 26.6 Å². The summed E-state index contributed by atoms with van der Waals surface area (Å²) in [5.74, 6) is 6.90.